The number of methoxy groups -OCH3 is 1. The van der Waals surface area contributed by atoms with Crippen LogP contribution < -0.4 is 10.1 Å². The summed E-state index contributed by atoms with van der Waals surface area (Å²) < 4.78 is 24.1. The molecule has 2 aromatic carbocycles. The van der Waals surface area contributed by atoms with Crippen molar-refractivity contribution < 1.29 is 23.5 Å². The highest BCUT2D eigenvalue weighted by Gasteiger charge is 2.20. The minimum atomic E-state index is -0.619. The van der Waals surface area contributed by atoms with Crippen LogP contribution in [0.3, 0.4) is 0 Å². The molecule has 0 unspecified atom stereocenters. The van der Waals surface area contributed by atoms with E-state index in [4.69, 9.17) is 9.47 Å². The van der Waals surface area contributed by atoms with E-state index in [-0.39, 0.29) is 31.0 Å². The molecule has 1 atom stereocenters. The SMILES string of the molecule is CCOC(=O)C[C@H](NC(=O)Cn1nnc(-c2ccccc2F)n1)c1ccc(OC)cc1. The molecule has 162 valence electrons. The molecule has 0 aliphatic rings. The second kappa shape index (κ2) is 10.3. The van der Waals surface area contributed by atoms with Crippen LogP contribution in [0.4, 0.5) is 4.39 Å². The van der Waals surface area contributed by atoms with E-state index in [0.29, 0.717) is 11.3 Å². The minimum Gasteiger partial charge on any atom is -0.497 e. The van der Waals surface area contributed by atoms with E-state index in [0.717, 1.165) is 4.80 Å². The van der Waals surface area contributed by atoms with Crippen molar-refractivity contribution in [2.24, 2.45) is 0 Å². The van der Waals surface area contributed by atoms with E-state index in [1.165, 1.54) is 12.1 Å². The maximum atomic E-state index is 13.9. The molecule has 1 N–H and O–H groups in total. The van der Waals surface area contributed by atoms with Gasteiger partial charge in [0.05, 0.1) is 31.7 Å². The molecule has 3 rings (SSSR count). The maximum Gasteiger partial charge on any atom is 0.308 e. The van der Waals surface area contributed by atoms with Gasteiger partial charge in [-0.3, -0.25) is 9.59 Å². The van der Waals surface area contributed by atoms with E-state index < -0.39 is 23.7 Å². The molecular weight excluding hydrogens is 405 g/mol. The standard InChI is InChI=1S/C21H22FN5O4/c1-3-31-20(29)12-18(14-8-10-15(30-2)11-9-14)23-19(28)13-27-25-21(24-26-27)16-6-4-5-7-17(16)22/h4-11,18H,3,12-13H2,1-2H3,(H,23,28)/t18-/m0/s1. The summed E-state index contributed by atoms with van der Waals surface area (Å²) in [5.41, 5.74) is 0.897. The van der Waals surface area contributed by atoms with Gasteiger partial charge in [-0.05, 0) is 42.0 Å². The Balaban J connectivity index is 1.71. The number of nitrogens with zero attached hydrogens (tertiary/aromatic N) is 4. The number of benzene rings is 2. The lowest BCUT2D eigenvalue weighted by atomic mass is 10.0. The van der Waals surface area contributed by atoms with Crippen molar-refractivity contribution >= 4 is 11.9 Å². The second-order valence-corrected chi connectivity index (χ2v) is 6.53. The average molecular weight is 427 g/mol. The number of amides is 1. The van der Waals surface area contributed by atoms with Crippen molar-refractivity contribution in [3.8, 4) is 17.1 Å². The molecule has 0 spiro atoms. The molecule has 0 aliphatic carbocycles. The molecule has 1 aromatic heterocycles. The predicted octanol–water partition coefficient (Wildman–Crippen LogP) is 2.30. The van der Waals surface area contributed by atoms with E-state index in [1.807, 2.05) is 0 Å². The molecule has 0 fully saturated rings. The van der Waals surface area contributed by atoms with Crippen LogP contribution in [-0.2, 0) is 20.9 Å². The van der Waals surface area contributed by atoms with Gasteiger partial charge in [0.1, 0.15) is 18.1 Å². The molecule has 0 saturated carbocycles. The average Bonchev–Trinajstić information content (AvgIpc) is 3.22. The number of tetrazole rings is 1. The van der Waals surface area contributed by atoms with E-state index in [9.17, 15) is 14.0 Å². The Kier molecular flexibility index (Phi) is 7.26. The molecule has 0 saturated heterocycles. The summed E-state index contributed by atoms with van der Waals surface area (Å²) in [5, 5.41) is 14.5. The van der Waals surface area contributed by atoms with Gasteiger partial charge < -0.3 is 14.8 Å². The largest absolute Gasteiger partial charge is 0.497 e. The summed E-state index contributed by atoms with van der Waals surface area (Å²) in [4.78, 5) is 25.7. The van der Waals surface area contributed by atoms with Gasteiger partial charge in [-0.2, -0.15) is 4.80 Å². The summed E-state index contributed by atoms with van der Waals surface area (Å²) in [5.74, 6) is -0.644. The summed E-state index contributed by atoms with van der Waals surface area (Å²) in [6.07, 6.45) is -0.0445. The van der Waals surface area contributed by atoms with E-state index >= 15 is 0 Å². The van der Waals surface area contributed by atoms with E-state index in [2.05, 4.69) is 20.7 Å². The van der Waals surface area contributed by atoms with Crippen LogP contribution in [0.25, 0.3) is 11.4 Å². The summed E-state index contributed by atoms with van der Waals surface area (Å²) in [6.45, 7) is 1.70. The zero-order valence-electron chi connectivity index (χ0n) is 17.1. The Morgan fingerprint density at radius 1 is 1.16 bits per heavy atom. The molecular formula is C21H22FN5O4. The van der Waals surface area contributed by atoms with Gasteiger partial charge in [-0.1, -0.05) is 24.3 Å². The third kappa shape index (κ3) is 5.84. The lowest BCUT2D eigenvalue weighted by molar-refractivity contribution is -0.143. The van der Waals surface area contributed by atoms with Gasteiger partial charge in [0, 0.05) is 0 Å². The van der Waals surface area contributed by atoms with Crippen molar-refractivity contribution in [3.63, 3.8) is 0 Å². The normalized spacial score (nSPS) is 11.6. The first-order valence-corrected chi connectivity index (χ1v) is 9.61. The molecule has 3 aromatic rings. The number of hydrogen-bond acceptors (Lipinski definition) is 7. The van der Waals surface area contributed by atoms with Crippen molar-refractivity contribution in [1.29, 1.82) is 0 Å². The molecule has 1 amide bonds. The third-order valence-electron chi connectivity index (χ3n) is 4.38. The highest BCUT2D eigenvalue weighted by Crippen LogP contribution is 2.21. The van der Waals surface area contributed by atoms with Gasteiger partial charge in [0.2, 0.25) is 11.7 Å². The number of ether oxygens (including phenoxy) is 2. The van der Waals surface area contributed by atoms with Crippen molar-refractivity contribution in [2.45, 2.75) is 25.9 Å². The van der Waals surface area contributed by atoms with Crippen LogP contribution in [0.5, 0.6) is 5.75 Å². The van der Waals surface area contributed by atoms with Crippen molar-refractivity contribution in [2.75, 3.05) is 13.7 Å². The fourth-order valence-corrected chi connectivity index (χ4v) is 2.90. The van der Waals surface area contributed by atoms with Crippen LogP contribution in [0.15, 0.2) is 48.5 Å². The van der Waals surface area contributed by atoms with Crippen LogP contribution in [0, 0.1) is 5.82 Å². The maximum absolute atomic E-state index is 13.9. The monoisotopic (exact) mass is 427 g/mol. The Hall–Kier alpha value is -3.82. The van der Waals surface area contributed by atoms with Gasteiger partial charge in [0.25, 0.3) is 0 Å². The molecule has 9 nitrogen and oxygen atoms in total. The number of carbonyl (C=O) groups excluding carboxylic acids is 2. The first-order chi connectivity index (χ1) is 15.0. The van der Waals surface area contributed by atoms with Crippen LogP contribution in [0.1, 0.15) is 24.9 Å². The predicted molar refractivity (Wildman–Crippen MR) is 108 cm³/mol. The number of nitrogens with one attached hydrogen (secondary N) is 1. The lowest BCUT2D eigenvalue weighted by Gasteiger charge is -2.18. The molecule has 0 bridgehead atoms. The number of hydrogen-bond donors (Lipinski definition) is 1. The van der Waals surface area contributed by atoms with Gasteiger partial charge in [-0.25, -0.2) is 4.39 Å². The lowest BCUT2D eigenvalue weighted by Crippen LogP contribution is -2.33. The number of halogens is 1. The quantitative estimate of drug-likeness (QED) is 0.522. The molecule has 10 heteroatoms. The highest BCUT2D eigenvalue weighted by molar-refractivity contribution is 5.78. The van der Waals surface area contributed by atoms with Gasteiger partial charge in [-0.15, -0.1) is 10.2 Å². The first kappa shape index (κ1) is 21.9. The number of aromatic nitrogens is 4. The zero-order chi connectivity index (χ0) is 22.2. The fourth-order valence-electron chi connectivity index (χ4n) is 2.90. The smallest absolute Gasteiger partial charge is 0.308 e. The van der Waals surface area contributed by atoms with Crippen molar-refractivity contribution in [3.05, 3.63) is 59.9 Å². The number of rotatable bonds is 9. The Morgan fingerprint density at radius 3 is 2.58 bits per heavy atom. The number of esters is 1. The zero-order valence-corrected chi connectivity index (χ0v) is 17.1. The molecule has 0 aliphatic heterocycles. The van der Waals surface area contributed by atoms with Gasteiger partial charge >= 0.3 is 5.97 Å². The topological polar surface area (TPSA) is 108 Å². The second-order valence-electron chi connectivity index (χ2n) is 6.53. The molecule has 31 heavy (non-hydrogen) atoms. The Labute approximate surface area is 178 Å². The Morgan fingerprint density at radius 2 is 1.90 bits per heavy atom. The minimum absolute atomic E-state index is 0.0445. The summed E-state index contributed by atoms with van der Waals surface area (Å²) in [7, 11) is 1.55. The van der Waals surface area contributed by atoms with E-state index in [1.54, 1.807) is 50.4 Å². The summed E-state index contributed by atoms with van der Waals surface area (Å²) in [6, 6.07) is 12.4. The third-order valence-corrected chi connectivity index (χ3v) is 4.38. The fraction of sp³-hybridized carbons (Fsp3) is 0.286. The first-order valence-electron chi connectivity index (χ1n) is 9.61. The van der Waals surface area contributed by atoms with Crippen molar-refractivity contribution in [1.82, 2.24) is 25.5 Å². The summed E-state index contributed by atoms with van der Waals surface area (Å²) >= 11 is 0. The van der Waals surface area contributed by atoms with Gasteiger partial charge in [0.15, 0.2) is 0 Å². The molecule has 1 heterocycles. The Bertz CT molecular complexity index is 1040. The van der Waals surface area contributed by atoms with Crippen LogP contribution >= 0.6 is 0 Å². The highest BCUT2D eigenvalue weighted by atomic mass is 19.1. The van der Waals surface area contributed by atoms with Crippen LogP contribution in [0.2, 0.25) is 0 Å². The van der Waals surface area contributed by atoms with Crippen LogP contribution in [-0.4, -0.2) is 45.8 Å². The molecule has 0 radical (unpaired) electrons. The number of carbonyl (C=O) groups is 2.